The van der Waals surface area contributed by atoms with Crippen molar-refractivity contribution in [3.8, 4) is 11.9 Å². The van der Waals surface area contributed by atoms with Crippen LogP contribution in [0.2, 0.25) is 0 Å². The molecule has 5 heteroatoms. The fourth-order valence-electron chi connectivity index (χ4n) is 3.68. The van der Waals surface area contributed by atoms with Crippen LogP contribution in [-0.4, -0.2) is 17.9 Å². The van der Waals surface area contributed by atoms with Crippen LogP contribution in [0.1, 0.15) is 76.5 Å². The normalized spacial score (nSPS) is 13.5. The molecule has 1 heterocycles. The van der Waals surface area contributed by atoms with Crippen molar-refractivity contribution >= 4 is 21.7 Å². The van der Waals surface area contributed by atoms with Gasteiger partial charge in [-0.3, -0.25) is 4.79 Å². The maximum Gasteiger partial charge on any atom is 0.217 e. The van der Waals surface area contributed by atoms with Gasteiger partial charge in [-0.2, -0.15) is 5.26 Å². The molecule has 146 valence electrons. The van der Waals surface area contributed by atoms with Gasteiger partial charge in [-0.25, -0.2) is 4.98 Å². The summed E-state index contributed by atoms with van der Waals surface area (Å²) >= 11 is 3.55. The van der Waals surface area contributed by atoms with Gasteiger partial charge in [-0.05, 0) is 67.3 Å². The Labute approximate surface area is 175 Å². The van der Waals surface area contributed by atoms with Crippen LogP contribution in [0.25, 0.3) is 0 Å². The molecular weight excluding hydrogens is 416 g/mol. The molecular formula is C23H25BrN2O2. The van der Waals surface area contributed by atoms with Crippen LogP contribution in [0, 0.1) is 24.2 Å². The first-order chi connectivity index (χ1) is 13.4. The number of aromatic nitrogens is 1. The fourth-order valence-corrected chi connectivity index (χ4v) is 4.14. The highest BCUT2D eigenvalue weighted by Crippen LogP contribution is 2.40. The van der Waals surface area contributed by atoms with Crippen LogP contribution in [0.3, 0.4) is 0 Å². The highest BCUT2D eigenvalue weighted by atomic mass is 79.9. The van der Waals surface area contributed by atoms with Gasteiger partial charge in [0.15, 0.2) is 5.78 Å². The van der Waals surface area contributed by atoms with Crippen molar-refractivity contribution in [1.29, 1.82) is 5.26 Å². The number of halogens is 1. The van der Waals surface area contributed by atoms with Crippen LogP contribution in [-0.2, 0) is 11.8 Å². The Hall–Kier alpha value is -2.19. The molecule has 1 aliphatic rings. The fraction of sp³-hybridized carbons (Fsp3) is 0.435. The molecule has 0 aliphatic heterocycles. The number of ketones is 1. The molecule has 0 N–H and O–H groups in total. The average molecular weight is 441 g/mol. The van der Waals surface area contributed by atoms with Gasteiger partial charge >= 0.3 is 0 Å². The second-order valence-corrected chi connectivity index (χ2v) is 8.36. The predicted octanol–water partition coefficient (Wildman–Crippen LogP) is 5.47. The maximum atomic E-state index is 13.7. The number of pyridine rings is 1. The van der Waals surface area contributed by atoms with Crippen molar-refractivity contribution in [2.75, 3.05) is 7.11 Å². The minimum atomic E-state index is -0.0533. The third-order valence-electron chi connectivity index (χ3n) is 5.17. The third kappa shape index (κ3) is 4.12. The Morgan fingerprint density at radius 3 is 2.61 bits per heavy atom. The molecule has 1 saturated carbocycles. The van der Waals surface area contributed by atoms with Crippen molar-refractivity contribution in [2.24, 2.45) is 5.92 Å². The molecule has 0 saturated heterocycles. The van der Waals surface area contributed by atoms with Crippen molar-refractivity contribution in [2.45, 2.75) is 51.3 Å². The monoisotopic (exact) mass is 440 g/mol. The van der Waals surface area contributed by atoms with E-state index in [1.807, 2.05) is 13.0 Å². The summed E-state index contributed by atoms with van der Waals surface area (Å²) in [6, 6.07) is 7.49. The minimum Gasteiger partial charge on any atom is -0.481 e. The van der Waals surface area contributed by atoms with Gasteiger partial charge in [0.25, 0.3) is 0 Å². The number of hydrogen-bond donors (Lipinski definition) is 0. The van der Waals surface area contributed by atoms with Gasteiger partial charge < -0.3 is 4.74 Å². The second kappa shape index (κ2) is 8.45. The van der Waals surface area contributed by atoms with Gasteiger partial charge in [0, 0.05) is 22.0 Å². The predicted molar refractivity (Wildman–Crippen MR) is 113 cm³/mol. The highest BCUT2D eigenvalue weighted by Gasteiger charge is 2.31. The van der Waals surface area contributed by atoms with Crippen molar-refractivity contribution in [3.05, 3.63) is 57.3 Å². The Balaban J connectivity index is 2.28. The van der Waals surface area contributed by atoms with Crippen LogP contribution in [0.15, 0.2) is 18.2 Å². The van der Waals surface area contributed by atoms with Crippen molar-refractivity contribution in [1.82, 2.24) is 4.98 Å². The number of nitrogens with zero attached hydrogens (tertiary/aromatic N) is 2. The largest absolute Gasteiger partial charge is 0.481 e. The first-order valence-corrected chi connectivity index (χ1v) is 10.7. The number of methoxy groups -OCH3 is 1. The molecule has 28 heavy (non-hydrogen) atoms. The van der Waals surface area contributed by atoms with E-state index in [4.69, 9.17) is 9.72 Å². The number of aryl methyl sites for hydroxylation is 1. The summed E-state index contributed by atoms with van der Waals surface area (Å²) in [6.45, 7) is 6.02. The Bertz CT molecular complexity index is 956. The van der Waals surface area contributed by atoms with Gasteiger partial charge in [0.1, 0.15) is 0 Å². The number of benzene rings is 1. The molecule has 3 rings (SSSR count). The number of carbonyl (C=O) groups excluding carboxylic acids is 1. The van der Waals surface area contributed by atoms with Crippen LogP contribution < -0.4 is 4.74 Å². The number of hydrogen-bond acceptors (Lipinski definition) is 4. The lowest BCUT2D eigenvalue weighted by atomic mass is 9.86. The number of nitriles is 1. The van der Waals surface area contributed by atoms with E-state index in [0.29, 0.717) is 33.8 Å². The molecule has 1 aromatic heterocycles. The van der Waals surface area contributed by atoms with E-state index >= 15 is 0 Å². The Kier molecular flexibility index (Phi) is 6.20. The number of rotatable bonds is 7. The van der Waals surface area contributed by atoms with Crippen LogP contribution in [0.4, 0.5) is 0 Å². The summed E-state index contributed by atoms with van der Waals surface area (Å²) in [5.74, 6) is 1.17. The molecule has 4 nitrogen and oxygen atoms in total. The molecule has 0 radical (unpaired) electrons. The molecule has 1 aliphatic carbocycles. The van der Waals surface area contributed by atoms with E-state index in [2.05, 4.69) is 35.8 Å². The standard InChI is InChI=1S/C23H25BrN2O2/c1-13(2)20-21(22(27)17-8-14(3)7-16(9-17)12-25)18(10-15-5-6-15)19(11-24)26-23(20)28-4/h7-9,13,15H,5-6,10-11H2,1-4H3. The van der Waals surface area contributed by atoms with E-state index < -0.39 is 0 Å². The highest BCUT2D eigenvalue weighted by molar-refractivity contribution is 9.08. The number of ether oxygens (including phenoxy) is 1. The number of carbonyl (C=O) groups is 1. The van der Waals surface area contributed by atoms with Gasteiger partial charge in [-0.15, -0.1) is 0 Å². The molecule has 0 atom stereocenters. The first kappa shape index (κ1) is 20.5. The van der Waals surface area contributed by atoms with Crippen molar-refractivity contribution < 1.29 is 9.53 Å². The zero-order valence-electron chi connectivity index (χ0n) is 16.8. The summed E-state index contributed by atoms with van der Waals surface area (Å²) in [7, 11) is 1.60. The lowest BCUT2D eigenvalue weighted by Gasteiger charge is -2.22. The average Bonchev–Trinajstić information content (AvgIpc) is 3.50. The molecule has 1 aromatic carbocycles. The summed E-state index contributed by atoms with van der Waals surface area (Å²) in [5, 5.41) is 9.90. The van der Waals surface area contributed by atoms with E-state index in [1.54, 1.807) is 19.2 Å². The zero-order valence-corrected chi connectivity index (χ0v) is 18.4. The van der Waals surface area contributed by atoms with Gasteiger partial charge in [0.2, 0.25) is 5.88 Å². The summed E-state index contributed by atoms with van der Waals surface area (Å²) in [5.41, 5.74) is 5.40. The molecule has 0 unspecified atom stereocenters. The Morgan fingerprint density at radius 2 is 2.07 bits per heavy atom. The molecule has 2 aromatic rings. The van der Waals surface area contributed by atoms with E-state index in [-0.39, 0.29) is 11.7 Å². The smallest absolute Gasteiger partial charge is 0.217 e. The lowest BCUT2D eigenvalue weighted by molar-refractivity contribution is 0.103. The Morgan fingerprint density at radius 1 is 1.36 bits per heavy atom. The van der Waals surface area contributed by atoms with Gasteiger partial charge in [-0.1, -0.05) is 29.8 Å². The summed E-state index contributed by atoms with van der Waals surface area (Å²) in [4.78, 5) is 18.5. The zero-order chi connectivity index (χ0) is 20.4. The van der Waals surface area contributed by atoms with E-state index in [1.165, 1.54) is 12.8 Å². The maximum absolute atomic E-state index is 13.7. The van der Waals surface area contributed by atoms with Crippen LogP contribution in [0.5, 0.6) is 5.88 Å². The molecule has 0 bridgehead atoms. The molecule has 0 spiro atoms. The summed E-state index contributed by atoms with van der Waals surface area (Å²) in [6.07, 6.45) is 3.25. The number of alkyl halides is 1. The summed E-state index contributed by atoms with van der Waals surface area (Å²) < 4.78 is 5.58. The second-order valence-electron chi connectivity index (χ2n) is 7.80. The van der Waals surface area contributed by atoms with Gasteiger partial charge in [0.05, 0.1) is 24.4 Å². The first-order valence-electron chi connectivity index (χ1n) is 9.61. The quantitative estimate of drug-likeness (QED) is 0.422. The third-order valence-corrected chi connectivity index (χ3v) is 5.70. The lowest BCUT2D eigenvalue weighted by Crippen LogP contribution is -2.17. The molecule has 1 fully saturated rings. The minimum absolute atomic E-state index is 0.0533. The topological polar surface area (TPSA) is 63.0 Å². The SMILES string of the molecule is COc1nc(CBr)c(CC2CC2)c(C(=O)c2cc(C)cc(C#N)c2)c1C(C)C. The van der Waals surface area contributed by atoms with Crippen molar-refractivity contribution in [3.63, 3.8) is 0 Å². The molecule has 0 amide bonds. The van der Waals surface area contributed by atoms with E-state index in [9.17, 15) is 10.1 Å². The van der Waals surface area contributed by atoms with E-state index in [0.717, 1.165) is 28.8 Å². The van der Waals surface area contributed by atoms with Crippen LogP contribution >= 0.6 is 15.9 Å².